The molecule has 0 spiro atoms. The van der Waals surface area contributed by atoms with Crippen LogP contribution < -0.4 is 16.4 Å². The summed E-state index contributed by atoms with van der Waals surface area (Å²) in [6.07, 6.45) is 7.39. The van der Waals surface area contributed by atoms with E-state index in [1.165, 1.54) is 0 Å². The fourth-order valence-corrected chi connectivity index (χ4v) is 4.79. The topological polar surface area (TPSA) is 134 Å². The highest BCUT2D eigenvalue weighted by molar-refractivity contribution is 5.82. The molecule has 35 heavy (non-hydrogen) atoms. The quantitative estimate of drug-likeness (QED) is 0.369. The lowest BCUT2D eigenvalue weighted by Gasteiger charge is -2.37. The Kier molecular flexibility index (Phi) is 9.78. The zero-order valence-electron chi connectivity index (χ0n) is 20.1. The van der Waals surface area contributed by atoms with E-state index in [0.29, 0.717) is 19.4 Å². The molecule has 2 amide bonds. The number of nitrogens with two attached hydrogens (primary N) is 1. The van der Waals surface area contributed by atoms with Crippen molar-refractivity contribution in [3.8, 4) is 0 Å². The molecule has 188 valence electrons. The summed E-state index contributed by atoms with van der Waals surface area (Å²) in [6.45, 7) is 0.357. The largest absolute Gasteiger partial charge is 0.481 e. The van der Waals surface area contributed by atoms with Crippen molar-refractivity contribution in [1.82, 2.24) is 15.6 Å². The number of hydrogen-bond donors (Lipinski definition) is 4. The van der Waals surface area contributed by atoms with Crippen molar-refractivity contribution in [3.05, 3.63) is 66.0 Å². The van der Waals surface area contributed by atoms with E-state index >= 15 is 0 Å². The van der Waals surface area contributed by atoms with Crippen molar-refractivity contribution in [1.29, 1.82) is 0 Å². The second-order valence-corrected chi connectivity index (χ2v) is 9.55. The molecule has 1 saturated carbocycles. The van der Waals surface area contributed by atoms with Gasteiger partial charge in [0.05, 0.1) is 12.1 Å². The number of aliphatic carboxylic acids is 1. The number of aromatic nitrogens is 1. The monoisotopic (exact) mass is 480 g/mol. The van der Waals surface area contributed by atoms with E-state index in [1.54, 1.807) is 6.20 Å². The maximum Gasteiger partial charge on any atom is 0.303 e. The Hall–Kier alpha value is -3.26. The van der Waals surface area contributed by atoms with Crippen LogP contribution in [-0.2, 0) is 20.8 Å². The highest BCUT2D eigenvalue weighted by Crippen LogP contribution is 2.39. The van der Waals surface area contributed by atoms with Crippen LogP contribution in [0.25, 0.3) is 0 Å². The van der Waals surface area contributed by atoms with Crippen LogP contribution in [0, 0.1) is 5.41 Å². The second kappa shape index (κ2) is 13.0. The molecule has 0 bridgehead atoms. The number of carbonyl (C=O) groups excluding carboxylic acids is 2. The molecule has 2 unspecified atom stereocenters. The van der Waals surface area contributed by atoms with Gasteiger partial charge in [-0.25, -0.2) is 0 Å². The zero-order valence-corrected chi connectivity index (χ0v) is 20.1. The van der Waals surface area contributed by atoms with Crippen LogP contribution in [-0.4, -0.2) is 40.5 Å². The van der Waals surface area contributed by atoms with E-state index < -0.39 is 12.0 Å². The molecule has 2 aromatic rings. The van der Waals surface area contributed by atoms with E-state index in [1.807, 2.05) is 48.5 Å². The smallest absolute Gasteiger partial charge is 0.303 e. The normalized spacial score (nSPS) is 16.6. The van der Waals surface area contributed by atoms with Gasteiger partial charge in [0.1, 0.15) is 0 Å². The molecule has 3 rings (SSSR count). The molecule has 1 heterocycles. The third-order valence-electron chi connectivity index (χ3n) is 6.77. The maximum atomic E-state index is 13.3. The number of carboxylic acids is 1. The van der Waals surface area contributed by atoms with Gasteiger partial charge >= 0.3 is 5.97 Å². The van der Waals surface area contributed by atoms with Gasteiger partial charge in [0.25, 0.3) is 0 Å². The molecule has 0 radical (unpaired) electrons. The molecule has 1 aromatic heterocycles. The van der Waals surface area contributed by atoms with Crippen molar-refractivity contribution in [2.75, 3.05) is 6.54 Å². The Labute approximate surface area is 206 Å². The first kappa shape index (κ1) is 26.3. The van der Waals surface area contributed by atoms with Crippen molar-refractivity contribution < 1.29 is 19.5 Å². The van der Waals surface area contributed by atoms with Crippen LogP contribution in [0.4, 0.5) is 0 Å². The van der Waals surface area contributed by atoms with Gasteiger partial charge in [-0.05, 0) is 42.4 Å². The van der Waals surface area contributed by atoms with E-state index in [9.17, 15) is 14.4 Å². The van der Waals surface area contributed by atoms with Gasteiger partial charge in [0, 0.05) is 37.7 Å². The van der Waals surface area contributed by atoms with Gasteiger partial charge in [-0.15, -0.1) is 0 Å². The molecule has 8 heteroatoms. The minimum Gasteiger partial charge on any atom is -0.481 e. The second-order valence-electron chi connectivity index (χ2n) is 9.55. The Balaban J connectivity index is 1.65. The van der Waals surface area contributed by atoms with Crippen LogP contribution in [0.3, 0.4) is 0 Å². The summed E-state index contributed by atoms with van der Waals surface area (Å²) in [5.74, 6) is -1.40. The number of hydrogen-bond acceptors (Lipinski definition) is 5. The number of amides is 2. The molecule has 5 N–H and O–H groups in total. The SMILES string of the molecule is NC(CCC(=O)O)C(=O)NCC1(CC(=O)NC(Cc2ccccn2)c2ccccc2)CCCCC1. The van der Waals surface area contributed by atoms with Gasteiger partial charge in [-0.2, -0.15) is 0 Å². The number of benzene rings is 1. The number of carboxylic acid groups (broad SMARTS) is 1. The minimum absolute atomic E-state index is 0.0545. The van der Waals surface area contributed by atoms with Gasteiger partial charge in [0.2, 0.25) is 11.8 Å². The van der Waals surface area contributed by atoms with Gasteiger partial charge in [-0.1, -0.05) is 55.7 Å². The van der Waals surface area contributed by atoms with E-state index in [-0.39, 0.29) is 36.1 Å². The number of pyridine rings is 1. The molecule has 2 atom stereocenters. The van der Waals surface area contributed by atoms with Crippen molar-refractivity contribution in [2.45, 2.75) is 69.9 Å². The first-order valence-electron chi connectivity index (χ1n) is 12.4. The lowest BCUT2D eigenvalue weighted by Crippen LogP contribution is -2.47. The lowest BCUT2D eigenvalue weighted by atomic mass is 9.71. The lowest BCUT2D eigenvalue weighted by molar-refractivity contribution is -0.137. The molecule has 1 aliphatic carbocycles. The van der Waals surface area contributed by atoms with Gasteiger partial charge < -0.3 is 21.5 Å². The van der Waals surface area contributed by atoms with Crippen molar-refractivity contribution >= 4 is 17.8 Å². The standard InChI is InChI=1S/C27H36N4O4/c28-22(12-13-25(33)34)26(35)30-19-27(14-6-2-7-15-27)18-24(32)31-23(20-9-3-1-4-10-20)17-21-11-5-8-16-29-21/h1,3-5,8-11,16,22-23H,2,6-7,12-15,17-19,28H2,(H,30,35)(H,31,32)(H,33,34). The third-order valence-corrected chi connectivity index (χ3v) is 6.77. The summed E-state index contributed by atoms with van der Waals surface area (Å²) in [4.78, 5) is 41.0. The first-order chi connectivity index (χ1) is 16.9. The summed E-state index contributed by atoms with van der Waals surface area (Å²) in [7, 11) is 0. The molecule has 8 nitrogen and oxygen atoms in total. The van der Waals surface area contributed by atoms with Crippen molar-refractivity contribution in [2.24, 2.45) is 11.1 Å². The number of nitrogens with zero attached hydrogens (tertiary/aromatic N) is 1. The highest BCUT2D eigenvalue weighted by atomic mass is 16.4. The average molecular weight is 481 g/mol. The van der Waals surface area contributed by atoms with Gasteiger partial charge in [-0.3, -0.25) is 19.4 Å². The zero-order chi connectivity index (χ0) is 25.1. The van der Waals surface area contributed by atoms with E-state index in [0.717, 1.165) is 43.4 Å². The summed E-state index contributed by atoms with van der Waals surface area (Å²) >= 11 is 0. The molecule has 0 saturated heterocycles. The summed E-state index contributed by atoms with van der Waals surface area (Å²) < 4.78 is 0. The number of nitrogens with one attached hydrogen (secondary N) is 2. The first-order valence-corrected chi connectivity index (χ1v) is 12.4. The fraction of sp³-hybridized carbons (Fsp3) is 0.481. The van der Waals surface area contributed by atoms with Crippen LogP contribution in [0.2, 0.25) is 0 Å². The number of rotatable bonds is 12. The maximum absolute atomic E-state index is 13.3. The van der Waals surface area contributed by atoms with Crippen LogP contribution >= 0.6 is 0 Å². The van der Waals surface area contributed by atoms with E-state index in [2.05, 4.69) is 15.6 Å². The predicted octanol–water partition coefficient (Wildman–Crippen LogP) is 3.13. The van der Waals surface area contributed by atoms with Crippen LogP contribution in [0.5, 0.6) is 0 Å². The van der Waals surface area contributed by atoms with Crippen LogP contribution in [0.1, 0.15) is 68.7 Å². The summed E-state index contributed by atoms with van der Waals surface area (Å²) in [5.41, 5.74) is 7.45. The summed E-state index contributed by atoms with van der Waals surface area (Å²) in [6, 6.07) is 14.5. The highest BCUT2D eigenvalue weighted by Gasteiger charge is 2.35. The molecular formula is C27H36N4O4. The predicted molar refractivity (Wildman–Crippen MR) is 133 cm³/mol. The Bertz CT molecular complexity index is 962. The number of carbonyl (C=O) groups is 3. The average Bonchev–Trinajstić information content (AvgIpc) is 2.87. The Morgan fingerprint density at radius 3 is 2.40 bits per heavy atom. The molecule has 1 aromatic carbocycles. The van der Waals surface area contributed by atoms with Gasteiger partial charge in [0.15, 0.2) is 0 Å². The van der Waals surface area contributed by atoms with Crippen LogP contribution in [0.15, 0.2) is 54.7 Å². The minimum atomic E-state index is -0.979. The molecule has 0 aliphatic heterocycles. The Morgan fingerprint density at radius 2 is 1.74 bits per heavy atom. The van der Waals surface area contributed by atoms with E-state index in [4.69, 9.17) is 10.8 Å². The fourth-order valence-electron chi connectivity index (χ4n) is 4.79. The summed E-state index contributed by atoms with van der Waals surface area (Å²) in [5, 5.41) is 14.9. The third kappa shape index (κ3) is 8.47. The molecule has 1 aliphatic rings. The molecule has 1 fully saturated rings. The Morgan fingerprint density at radius 1 is 1.03 bits per heavy atom. The molecular weight excluding hydrogens is 444 g/mol. The van der Waals surface area contributed by atoms with Crippen molar-refractivity contribution in [3.63, 3.8) is 0 Å².